The summed E-state index contributed by atoms with van der Waals surface area (Å²) in [5.41, 5.74) is 2.43. The minimum atomic E-state index is -0.722. The number of ether oxygens (including phenoxy) is 3. The number of carbonyl (C=O) groups is 1. The number of hydrogen-bond acceptors (Lipinski definition) is 5. The lowest BCUT2D eigenvalue weighted by atomic mass is 9.62. The largest absolute Gasteiger partial charge is 0.493 e. The normalized spacial score (nSPS) is 24.4. The van der Waals surface area contributed by atoms with E-state index in [0.29, 0.717) is 13.2 Å². The van der Waals surface area contributed by atoms with E-state index >= 15 is 0 Å². The maximum absolute atomic E-state index is 12.0. The highest BCUT2D eigenvalue weighted by Crippen LogP contribution is 2.58. The Hall–Kier alpha value is -2.53. The molecule has 2 aliphatic rings. The molecule has 0 aliphatic carbocycles. The number of benzene rings is 2. The van der Waals surface area contributed by atoms with Crippen LogP contribution in [0.2, 0.25) is 0 Å². The lowest BCUT2D eigenvalue weighted by Crippen LogP contribution is -2.65. The summed E-state index contributed by atoms with van der Waals surface area (Å²) < 4.78 is 17.5. The molecule has 4 rings (SSSR count). The second-order valence-corrected chi connectivity index (χ2v) is 7.98. The second-order valence-electron chi connectivity index (χ2n) is 7.98. The van der Waals surface area contributed by atoms with Gasteiger partial charge in [-0.1, -0.05) is 50.2 Å². The predicted molar refractivity (Wildman–Crippen MR) is 108 cm³/mol. The topological polar surface area (TPSA) is 48.0 Å². The van der Waals surface area contributed by atoms with Crippen molar-refractivity contribution < 1.29 is 19.0 Å². The molecule has 2 heterocycles. The molecule has 5 heteroatoms. The summed E-state index contributed by atoms with van der Waals surface area (Å²) in [4.78, 5) is 14.2. The Bertz CT molecular complexity index is 894. The van der Waals surface area contributed by atoms with E-state index in [0.717, 1.165) is 17.0 Å². The molecule has 0 aromatic heterocycles. The van der Waals surface area contributed by atoms with E-state index < -0.39 is 5.72 Å². The minimum absolute atomic E-state index is 0.0486. The molecule has 2 aliphatic heterocycles. The molecule has 5 nitrogen and oxygen atoms in total. The monoisotopic (exact) mass is 381 g/mol. The van der Waals surface area contributed by atoms with Crippen molar-refractivity contribution in [2.24, 2.45) is 5.92 Å². The summed E-state index contributed by atoms with van der Waals surface area (Å²) in [5.74, 6) is 0.650. The first kappa shape index (κ1) is 18.8. The summed E-state index contributed by atoms with van der Waals surface area (Å²) in [6.07, 6.45) is 0.284. The van der Waals surface area contributed by atoms with Crippen LogP contribution in [-0.2, 0) is 25.4 Å². The summed E-state index contributed by atoms with van der Waals surface area (Å²) in [6, 6.07) is 16.4. The Morgan fingerprint density at radius 3 is 2.50 bits per heavy atom. The SMILES string of the molecule is COC(=O)CCN1c2ccccc2C(C)(C)[C@@H]2COc3ccccc3[C@]21OC. The molecule has 2 atom stereocenters. The summed E-state index contributed by atoms with van der Waals surface area (Å²) in [5, 5.41) is 0. The van der Waals surface area contributed by atoms with Crippen LogP contribution < -0.4 is 9.64 Å². The van der Waals surface area contributed by atoms with Crippen LogP contribution in [0, 0.1) is 5.92 Å². The lowest BCUT2D eigenvalue weighted by Gasteiger charge is -2.60. The molecular formula is C23H27NO4. The maximum Gasteiger partial charge on any atom is 0.307 e. The van der Waals surface area contributed by atoms with Crippen molar-refractivity contribution in [3.05, 3.63) is 59.7 Å². The molecule has 0 N–H and O–H groups in total. The first-order valence-electron chi connectivity index (χ1n) is 9.68. The highest BCUT2D eigenvalue weighted by molar-refractivity contribution is 5.71. The molecule has 0 spiro atoms. The predicted octanol–water partition coefficient (Wildman–Crippen LogP) is 3.86. The molecule has 0 fully saturated rings. The van der Waals surface area contributed by atoms with Crippen molar-refractivity contribution in [1.29, 1.82) is 0 Å². The number of esters is 1. The number of methoxy groups -OCH3 is 2. The van der Waals surface area contributed by atoms with E-state index in [1.807, 2.05) is 24.3 Å². The number of para-hydroxylation sites is 2. The van der Waals surface area contributed by atoms with Gasteiger partial charge in [-0.3, -0.25) is 4.79 Å². The van der Waals surface area contributed by atoms with Gasteiger partial charge in [-0.15, -0.1) is 0 Å². The Labute approximate surface area is 166 Å². The van der Waals surface area contributed by atoms with Gasteiger partial charge in [-0.2, -0.15) is 0 Å². The van der Waals surface area contributed by atoms with Crippen LogP contribution in [-0.4, -0.2) is 33.3 Å². The lowest BCUT2D eigenvalue weighted by molar-refractivity contribution is -0.141. The van der Waals surface area contributed by atoms with E-state index in [-0.39, 0.29) is 23.7 Å². The molecule has 28 heavy (non-hydrogen) atoms. The zero-order chi connectivity index (χ0) is 19.9. The molecule has 0 saturated carbocycles. The molecule has 0 saturated heterocycles. The van der Waals surface area contributed by atoms with E-state index in [4.69, 9.17) is 14.2 Å². The molecule has 148 valence electrons. The third kappa shape index (κ3) is 2.53. The Kier molecular flexibility index (Phi) is 4.58. The van der Waals surface area contributed by atoms with Gasteiger partial charge in [0.15, 0.2) is 5.72 Å². The van der Waals surface area contributed by atoms with Crippen LogP contribution in [0.4, 0.5) is 5.69 Å². The molecule has 0 amide bonds. The van der Waals surface area contributed by atoms with E-state index in [1.54, 1.807) is 7.11 Å². The number of fused-ring (bicyclic) bond motifs is 4. The summed E-state index contributed by atoms with van der Waals surface area (Å²) >= 11 is 0. The zero-order valence-electron chi connectivity index (χ0n) is 16.9. The first-order valence-corrected chi connectivity index (χ1v) is 9.68. The Morgan fingerprint density at radius 2 is 1.79 bits per heavy atom. The van der Waals surface area contributed by atoms with Crippen LogP contribution in [0.1, 0.15) is 31.4 Å². The van der Waals surface area contributed by atoms with Crippen molar-refractivity contribution in [3.63, 3.8) is 0 Å². The number of anilines is 1. The standard InChI is InChI=1S/C23H27NO4/c1-22(2)16-9-5-7-11-18(16)24(14-13-21(25)26-3)23(27-4)17-10-6-8-12-19(17)28-15-20(22)23/h5-12,20H,13-15H2,1-4H3/t20-,23-/m0/s1. The van der Waals surface area contributed by atoms with Gasteiger partial charge in [-0.25, -0.2) is 0 Å². The molecule has 0 unspecified atom stereocenters. The van der Waals surface area contributed by atoms with Crippen molar-refractivity contribution in [2.45, 2.75) is 31.4 Å². The van der Waals surface area contributed by atoms with Gasteiger partial charge in [0.25, 0.3) is 0 Å². The van der Waals surface area contributed by atoms with E-state index in [2.05, 4.69) is 43.0 Å². The van der Waals surface area contributed by atoms with Gasteiger partial charge in [0.2, 0.25) is 0 Å². The Balaban J connectivity index is 1.96. The van der Waals surface area contributed by atoms with Crippen molar-refractivity contribution >= 4 is 11.7 Å². The van der Waals surface area contributed by atoms with Crippen molar-refractivity contribution in [3.8, 4) is 5.75 Å². The molecular weight excluding hydrogens is 354 g/mol. The van der Waals surface area contributed by atoms with Gasteiger partial charge in [0.1, 0.15) is 5.75 Å². The first-order chi connectivity index (χ1) is 13.5. The quantitative estimate of drug-likeness (QED) is 0.753. The van der Waals surface area contributed by atoms with E-state index in [1.165, 1.54) is 12.7 Å². The van der Waals surface area contributed by atoms with Gasteiger partial charge < -0.3 is 19.1 Å². The number of nitrogens with zero attached hydrogens (tertiary/aromatic N) is 1. The molecule has 0 radical (unpaired) electrons. The maximum atomic E-state index is 12.0. The van der Waals surface area contributed by atoms with Gasteiger partial charge in [0, 0.05) is 30.3 Å². The average Bonchev–Trinajstić information content (AvgIpc) is 2.73. The zero-order valence-corrected chi connectivity index (χ0v) is 16.9. The van der Waals surface area contributed by atoms with Crippen LogP contribution >= 0.6 is 0 Å². The number of hydrogen-bond donors (Lipinski definition) is 0. The third-order valence-corrected chi connectivity index (χ3v) is 6.39. The van der Waals surface area contributed by atoms with Crippen LogP contribution in [0.25, 0.3) is 0 Å². The number of carbonyl (C=O) groups excluding carboxylic acids is 1. The fourth-order valence-electron chi connectivity index (χ4n) is 4.97. The van der Waals surface area contributed by atoms with Crippen molar-refractivity contribution in [1.82, 2.24) is 0 Å². The van der Waals surface area contributed by atoms with Crippen LogP contribution in [0.3, 0.4) is 0 Å². The van der Waals surface area contributed by atoms with Gasteiger partial charge >= 0.3 is 5.97 Å². The average molecular weight is 381 g/mol. The van der Waals surface area contributed by atoms with Gasteiger partial charge in [-0.05, 0) is 17.7 Å². The summed E-state index contributed by atoms with van der Waals surface area (Å²) in [7, 11) is 3.18. The fraction of sp³-hybridized carbons (Fsp3) is 0.435. The van der Waals surface area contributed by atoms with Crippen LogP contribution in [0.15, 0.2) is 48.5 Å². The second kappa shape index (κ2) is 6.82. The fourth-order valence-corrected chi connectivity index (χ4v) is 4.97. The van der Waals surface area contributed by atoms with Gasteiger partial charge in [0.05, 0.1) is 26.1 Å². The molecule has 0 bridgehead atoms. The Morgan fingerprint density at radius 1 is 1.11 bits per heavy atom. The smallest absolute Gasteiger partial charge is 0.307 e. The molecule has 2 aromatic carbocycles. The third-order valence-electron chi connectivity index (χ3n) is 6.39. The van der Waals surface area contributed by atoms with Crippen molar-refractivity contribution in [2.75, 3.05) is 32.3 Å². The minimum Gasteiger partial charge on any atom is -0.493 e. The summed E-state index contributed by atoms with van der Waals surface area (Å²) in [6.45, 7) is 5.54. The van der Waals surface area contributed by atoms with Crippen LogP contribution in [0.5, 0.6) is 5.75 Å². The molecule has 2 aromatic rings. The number of rotatable bonds is 4. The van der Waals surface area contributed by atoms with E-state index in [9.17, 15) is 4.79 Å². The highest BCUT2D eigenvalue weighted by Gasteiger charge is 2.60. The highest BCUT2D eigenvalue weighted by atomic mass is 16.5.